The summed E-state index contributed by atoms with van der Waals surface area (Å²) in [5, 5.41) is 13.6. The lowest BCUT2D eigenvalue weighted by Gasteiger charge is -2.12. The second kappa shape index (κ2) is 11.5. The van der Waals surface area contributed by atoms with Crippen LogP contribution in [0.5, 0.6) is 5.75 Å². The number of nitrogens with zero attached hydrogens (tertiary/aromatic N) is 3. The van der Waals surface area contributed by atoms with Gasteiger partial charge in [0.2, 0.25) is 5.76 Å². The first-order valence-electron chi connectivity index (χ1n) is 12.8. The van der Waals surface area contributed by atoms with E-state index < -0.39 is 22.8 Å². The first kappa shape index (κ1) is 27.9. The summed E-state index contributed by atoms with van der Waals surface area (Å²) in [6.07, 6.45) is 1.62. The predicted molar refractivity (Wildman–Crippen MR) is 150 cm³/mol. The molecule has 3 amide bonds. The number of nitrogens with one attached hydrogen (secondary N) is 1. The fourth-order valence-electron chi connectivity index (χ4n) is 4.65. The van der Waals surface area contributed by atoms with Crippen LogP contribution >= 0.6 is 0 Å². The number of rotatable bonds is 9. The molecule has 12 heteroatoms. The summed E-state index contributed by atoms with van der Waals surface area (Å²) in [4.78, 5) is 48.8. The molecule has 42 heavy (non-hydrogen) atoms. The van der Waals surface area contributed by atoms with Crippen LogP contribution in [0.1, 0.15) is 38.8 Å². The van der Waals surface area contributed by atoms with Gasteiger partial charge in [-0.15, -0.1) is 0 Å². The van der Waals surface area contributed by atoms with Gasteiger partial charge in [-0.1, -0.05) is 12.1 Å². The number of benzene rings is 2. The van der Waals surface area contributed by atoms with Crippen molar-refractivity contribution in [2.75, 3.05) is 7.11 Å². The van der Waals surface area contributed by atoms with E-state index in [0.717, 1.165) is 27.5 Å². The van der Waals surface area contributed by atoms with Crippen molar-refractivity contribution in [2.45, 2.75) is 27.0 Å². The van der Waals surface area contributed by atoms with Crippen LogP contribution in [0.25, 0.3) is 11.8 Å². The van der Waals surface area contributed by atoms with E-state index in [2.05, 4.69) is 10.1 Å². The van der Waals surface area contributed by atoms with Crippen molar-refractivity contribution < 1.29 is 33.2 Å². The minimum atomic E-state index is -0.656. The summed E-state index contributed by atoms with van der Waals surface area (Å²) < 4.78 is 17.8. The lowest BCUT2D eigenvalue weighted by molar-refractivity contribution is -0.384. The number of carbonyl (C=O) groups is 3. The standard InChI is InChI=1S/C30H26N4O8/c1-18-13-21(15-26-28(35)32(30(37)31-26)16-25-11-12-27(42-25)29(36)40-3)19(2)33(18)22-7-9-24(10-8-22)41-17-20-5-4-6-23(14-20)34(38)39/h4-15H,16-17H2,1-3H3,(H,31,37)/b26-15-. The van der Waals surface area contributed by atoms with Gasteiger partial charge in [-0.05, 0) is 73.5 Å². The lowest BCUT2D eigenvalue weighted by Crippen LogP contribution is -2.30. The smallest absolute Gasteiger partial charge is 0.373 e. The van der Waals surface area contributed by atoms with Crippen molar-refractivity contribution in [2.24, 2.45) is 0 Å². The molecule has 12 nitrogen and oxygen atoms in total. The molecule has 0 unspecified atom stereocenters. The maximum atomic E-state index is 13.0. The van der Waals surface area contributed by atoms with Gasteiger partial charge in [0.25, 0.3) is 11.6 Å². The Hall–Kier alpha value is -5.65. The van der Waals surface area contributed by atoms with E-state index >= 15 is 0 Å². The lowest BCUT2D eigenvalue weighted by atomic mass is 10.2. The number of carbonyl (C=O) groups excluding carboxylic acids is 3. The summed E-state index contributed by atoms with van der Waals surface area (Å²) in [6, 6.07) is 17.9. The van der Waals surface area contributed by atoms with Crippen LogP contribution in [0.3, 0.4) is 0 Å². The monoisotopic (exact) mass is 570 g/mol. The van der Waals surface area contributed by atoms with Crippen molar-refractivity contribution in [1.29, 1.82) is 0 Å². The van der Waals surface area contributed by atoms with E-state index in [4.69, 9.17) is 9.15 Å². The first-order chi connectivity index (χ1) is 20.1. The highest BCUT2D eigenvalue weighted by atomic mass is 16.6. The molecule has 1 N–H and O–H groups in total. The Labute approximate surface area is 239 Å². The molecule has 2 aromatic heterocycles. The second-order valence-corrected chi connectivity index (χ2v) is 9.51. The molecule has 0 radical (unpaired) electrons. The van der Waals surface area contributed by atoms with Gasteiger partial charge in [-0.2, -0.15) is 0 Å². The zero-order chi connectivity index (χ0) is 30.0. The number of urea groups is 1. The quantitative estimate of drug-likeness (QED) is 0.0967. The van der Waals surface area contributed by atoms with E-state index in [-0.39, 0.29) is 36.1 Å². The highest BCUT2D eigenvalue weighted by Gasteiger charge is 2.34. The molecule has 2 aromatic carbocycles. The minimum Gasteiger partial charge on any atom is -0.489 e. The van der Waals surface area contributed by atoms with E-state index in [1.165, 1.54) is 31.4 Å². The minimum absolute atomic E-state index is 0.00843. The molecule has 1 fully saturated rings. The normalized spacial score (nSPS) is 13.9. The Morgan fingerprint density at radius 3 is 2.55 bits per heavy atom. The molecule has 3 heterocycles. The van der Waals surface area contributed by atoms with Crippen LogP contribution in [0, 0.1) is 24.0 Å². The third kappa shape index (κ3) is 5.63. The number of amides is 3. The van der Waals surface area contributed by atoms with Gasteiger partial charge in [0.1, 0.15) is 23.8 Å². The largest absolute Gasteiger partial charge is 0.489 e. The van der Waals surface area contributed by atoms with E-state index in [1.54, 1.807) is 18.2 Å². The molecule has 0 aliphatic carbocycles. The third-order valence-electron chi connectivity index (χ3n) is 6.72. The third-order valence-corrected chi connectivity index (χ3v) is 6.72. The van der Waals surface area contributed by atoms with Crippen LogP contribution in [0.15, 0.2) is 76.8 Å². The Morgan fingerprint density at radius 2 is 1.83 bits per heavy atom. The number of ether oxygens (including phenoxy) is 2. The number of methoxy groups -OCH3 is 1. The Balaban J connectivity index is 1.29. The number of imide groups is 1. The summed E-state index contributed by atoms with van der Waals surface area (Å²) in [5.41, 5.74) is 4.17. The first-order valence-corrected chi connectivity index (χ1v) is 12.8. The van der Waals surface area contributed by atoms with Gasteiger partial charge < -0.3 is 23.8 Å². The second-order valence-electron chi connectivity index (χ2n) is 9.51. The SMILES string of the molecule is COC(=O)c1ccc(CN2C(=O)N/C(=C\c3cc(C)n(-c4ccc(OCc5cccc([N+](=O)[O-])c5)cc4)c3C)C2=O)o1. The maximum absolute atomic E-state index is 13.0. The molecule has 1 aliphatic rings. The zero-order valence-corrected chi connectivity index (χ0v) is 23.0. The van der Waals surface area contributed by atoms with Crippen LogP contribution in [-0.4, -0.2) is 39.4 Å². The molecule has 4 aromatic rings. The average molecular weight is 571 g/mol. The summed E-state index contributed by atoms with van der Waals surface area (Å²) in [6.45, 7) is 3.87. The molecule has 0 bridgehead atoms. The average Bonchev–Trinajstić information content (AvgIpc) is 3.64. The van der Waals surface area contributed by atoms with Gasteiger partial charge in [0.15, 0.2) is 0 Å². The molecular formula is C30H26N4O8. The van der Waals surface area contributed by atoms with Gasteiger partial charge in [0.05, 0.1) is 18.6 Å². The van der Waals surface area contributed by atoms with Crippen molar-refractivity contribution in [3.8, 4) is 11.4 Å². The van der Waals surface area contributed by atoms with Crippen LogP contribution in [0.4, 0.5) is 10.5 Å². The molecule has 0 atom stereocenters. The number of aromatic nitrogens is 1. The molecule has 214 valence electrons. The topological polar surface area (TPSA) is 146 Å². The van der Waals surface area contributed by atoms with E-state index in [9.17, 15) is 24.5 Å². The van der Waals surface area contributed by atoms with Crippen molar-refractivity contribution >= 4 is 29.7 Å². The van der Waals surface area contributed by atoms with Gasteiger partial charge in [-0.3, -0.25) is 19.8 Å². The van der Waals surface area contributed by atoms with E-state index in [1.807, 2.05) is 48.7 Å². The fraction of sp³-hybridized carbons (Fsp3) is 0.167. The summed E-state index contributed by atoms with van der Waals surface area (Å²) in [5.74, 6) is -0.339. The number of non-ortho nitro benzene ring substituents is 1. The number of hydrogen-bond acceptors (Lipinski definition) is 8. The van der Waals surface area contributed by atoms with Gasteiger partial charge in [0, 0.05) is 29.2 Å². The molecule has 5 rings (SSSR count). The van der Waals surface area contributed by atoms with Crippen LogP contribution < -0.4 is 10.1 Å². The Kier molecular flexibility index (Phi) is 7.61. The number of nitro groups is 1. The van der Waals surface area contributed by atoms with Gasteiger partial charge in [-0.25, -0.2) is 9.59 Å². The number of nitro benzene ring substituents is 1. The number of hydrogen-bond donors (Lipinski definition) is 1. The van der Waals surface area contributed by atoms with Crippen molar-refractivity contribution in [1.82, 2.24) is 14.8 Å². The summed E-state index contributed by atoms with van der Waals surface area (Å²) in [7, 11) is 1.23. The number of aryl methyl sites for hydroxylation is 1. The maximum Gasteiger partial charge on any atom is 0.373 e. The highest BCUT2D eigenvalue weighted by Crippen LogP contribution is 2.26. The fourth-order valence-corrected chi connectivity index (χ4v) is 4.65. The van der Waals surface area contributed by atoms with Crippen molar-refractivity contribution in [3.63, 3.8) is 0 Å². The predicted octanol–water partition coefficient (Wildman–Crippen LogP) is 5.05. The molecular weight excluding hydrogens is 544 g/mol. The summed E-state index contributed by atoms with van der Waals surface area (Å²) >= 11 is 0. The van der Waals surface area contributed by atoms with Gasteiger partial charge >= 0.3 is 12.0 Å². The van der Waals surface area contributed by atoms with E-state index in [0.29, 0.717) is 11.3 Å². The Morgan fingerprint density at radius 1 is 1.07 bits per heavy atom. The number of esters is 1. The van der Waals surface area contributed by atoms with Crippen LogP contribution in [-0.2, 0) is 22.7 Å². The number of furan rings is 1. The Bertz CT molecular complexity index is 1730. The highest BCUT2D eigenvalue weighted by molar-refractivity contribution is 6.14. The molecule has 1 saturated heterocycles. The molecule has 0 saturated carbocycles. The molecule has 1 aliphatic heterocycles. The van der Waals surface area contributed by atoms with Crippen LogP contribution in [0.2, 0.25) is 0 Å². The zero-order valence-electron chi connectivity index (χ0n) is 23.0. The van der Waals surface area contributed by atoms with Crippen molar-refractivity contribution in [3.05, 3.63) is 117 Å². The molecule has 0 spiro atoms.